The van der Waals surface area contributed by atoms with E-state index in [0.717, 1.165) is 12.8 Å². The Hall–Kier alpha value is -2.09. The highest BCUT2D eigenvalue weighted by atomic mass is 32.2. The zero-order valence-corrected chi connectivity index (χ0v) is 15.5. The van der Waals surface area contributed by atoms with Crippen LogP contribution in [0.15, 0.2) is 36.0 Å². The van der Waals surface area contributed by atoms with Gasteiger partial charge in [0.15, 0.2) is 5.03 Å². The molecule has 7 nitrogen and oxygen atoms in total. The molecule has 0 spiro atoms. The molecule has 1 aliphatic rings. The Kier molecular flexibility index (Phi) is 6.41. The van der Waals surface area contributed by atoms with E-state index in [0.29, 0.717) is 22.3 Å². The molecule has 0 saturated heterocycles. The van der Waals surface area contributed by atoms with E-state index in [-0.39, 0.29) is 24.2 Å². The molecule has 1 aliphatic heterocycles. The van der Waals surface area contributed by atoms with Crippen molar-refractivity contribution in [2.75, 3.05) is 18.6 Å². The lowest BCUT2D eigenvalue weighted by atomic mass is 9.92. The topological polar surface area (TPSA) is 88.6 Å². The lowest BCUT2D eigenvalue weighted by Gasteiger charge is -2.28. The molecule has 1 aromatic rings. The number of fused-ring (bicyclic) bond motifs is 1. The molecule has 138 valence electrons. The minimum atomic E-state index is -4.00. The number of amides is 1. The van der Waals surface area contributed by atoms with E-state index < -0.39 is 16.1 Å². The Morgan fingerprint density at radius 2 is 2.32 bits per heavy atom. The Labute approximate surface area is 149 Å². The highest BCUT2D eigenvalue weighted by Gasteiger charge is 2.37. The molecule has 0 radical (unpaired) electrons. The number of anilines is 1. The van der Waals surface area contributed by atoms with Crippen LogP contribution in [0.3, 0.4) is 0 Å². The molecule has 2 atom stereocenters. The number of nitrogens with one attached hydrogen (secondary N) is 1. The van der Waals surface area contributed by atoms with Crippen molar-refractivity contribution in [2.24, 2.45) is 11.8 Å². The Morgan fingerprint density at radius 3 is 3.00 bits per heavy atom. The quantitative estimate of drug-likeness (QED) is 0.745. The summed E-state index contributed by atoms with van der Waals surface area (Å²) in [6.45, 7) is 7.97. The van der Waals surface area contributed by atoms with Gasteiger partial charge in [-0.05, 0) is 36.8 Å². The molecule has 0 bridgehead atoms. The summed E-state index contributed by atoms with van der Waals surface area (Å²) in [6, 6.07) is 3.24. The van der Waals surface area contributed by atoms with Gasteiger partial charge in [-0.15, -0.1) is 6.58 Å². The van der Waals surface area contributed by atoms with Gasteiger partial charge in [0.05, 0.1) is 12.3 Å². The molecular formula is C17H25N3O4S. The van der Waals surface area contributed by atoms with E-state index in [2.05, 4.69) is 30.7 Å². The van der Waals surface area contributed by atoms with Gasteiger partial charge in [-0.2, -0.15) is 12.7 Å². The van der Waals surface area contributed by atoms with Crippen LogP contribution in [0.2, 0.25) is 0 Å². The maximum atomic E-state index is 12.5. The summed E-state index contributed by atoms with van der Waals surface area (Å²) in [7, 11) is -4.00. The van der Waals surface area contributed by atoms with Crippen LogP contribution in [-0.4, -0.2) is 37.1 Å². The third-order valence-electron chi connectivity index (χ3n) is 4.30. The Balaban J connectivity index is 2.04. The summed E-state index contributed by atoms with van der Waals surface area (Å²) in [4.78, 5) is 16.2. The van der Waals surface area contributed by atoms with E-state index >= 15 is 0 Å². The van der Waals surface area contributed by atoms with Crippen LogP contribution in [0.25, 0.3) is 0 Å². The lowest BCUT2D eigenvalue weighted by Crippen LogP contribution is -2.44. The first-order valence-corrected chi connectivity index (χ1v) is 9.83. The monoisotopic (exact) mass is 367 g/mol. The van der Waals surface area contributed by atoms with Crippen molar-refractivity contribution < 1.29 is 17.9 Å². The standard InChI is InChI=1S/C17H25N3O4S/c1-4-7-14(10-13(3)5-2)11-24-17(21)20-12-19-15-8-6-9-18-16(15)25(20,22)23/h4,6,8-9,13-14,19H,1,5,7,10-12H2,2-3H3. The van der Waals surface area contributed by atoms with Crippen LogP contribution in [0.4, 0.5) is 10.5 Å². The number of nitrogens with zero attached hydrogens (tertiary/aromatic N) is 2. The number of aromatic nitrogens is 1. The van der Waals surface area contributed by atoms with Gasteiger partial charge in [0, 0.05) is 6.20 Å². The fourth-order valence-electron chi connectivity index (χ4n) is 2.70. The maximum absolute atomic E-state index is 12.5. The van der Waals surface area contributed by atoms with Crippen molar-refractivity contribution in [3.8, 4) is 0 Å². The summed E-state index contributed by atoms with van der Waals surface area (Å²) >= 11 is 0. The molecule has 25 heavy (non-hydrogen) atoms. The Bertz CT molecular complexity index is 720. The van der Waals surface area contributed by atoms with Crippen molar-refractivity contribution in [3.05, 3.63) is 31.0 Å². The second-order valence-electron chi connectivity index (χ2n) is 6.26. The molecule has 0 saturated carbocycles. The van der Waals surface area contributed by atoms with Crippen molar-refractivity contribution >= 4 is 21.8 Å². The summed E-state index contributed by atoms with van der Waals surface area (Å²) in [6.07, 6.45) is 4.92. The van der Waals surface area contributed by atoms with Gasteiger partial charge in [0.2, 0.25) is 0 Å². The molecule has 1 amide bonds. The van der Waals surface area contributed by atoms with Crippen LogP contribution in [0.1, 0.15) is 33.1 Å². The van der Waals surface area contributed by atoms with Crippen LogP contribution >= 0.6 is 0 Å². The zero-order valence-electron chi connectivity index (χ0n) is 14.6. The summed E-state index contributed by atoms with van der Waals surface area (Å²) < 4.78 is 31.1. The van der Waals surface area contributed by atoms with Crippen molar-refractivity contribution in [2.45, 2.75) is 38.1 Å². The number of carbonyl (C=O) groups is 1. The first-order valence-electron chi connectivity index (χ1n) is 8.39. The van der Waals surface area contributed by atoms with Crippen LogP contribution < -0.4 is 5.32 Å². The fraction of sp³-hybridized carbons (Fsp3) is 0.529. The Morgan fingerprint density at radius 1 is 1.56 bits per heavy atom. The highest BCUT2D eigenvalue weighted by molar-refractivity contribution is 7.89. The molecule has 0 aliphatic carbocycles. The van der Waals surface area contributed by atoms with Gasteiger partial charge in [0.1, 0.15) is 6.67 Å². The second kappa shape index (κ2) is 8.33. The van der Waals surface area contributed by atoms with Gasteiger partial charge >= 0.3 is 6.09 Å². The maximum Gasteiger partial charge on any atom is 0.425 e. The van der Waals surface area contributed by atoms with Crippen molar-refractivity contribution in [1.82, 2.24) is 9.29 Å². The number of rotatable bonds is 7. The molecule has 0 aromatic carbocycles. The van der Waals surface area contributed by atoms with Gasteiger partial charge in [0.25, 0.3) is 10.0 Å². The number of pyridine rings is 1. The molecule has 2 unspecified atom stereocenters. The number of sulfonamides is 1. The van der Waals surface area contributed by atoms with Crippen LogP contribution in [0.5, 0.6) is 0 Å². The molecule has 2 heterocycles. The highest BCUT2D eigenvalue weighted by Crippen LogP contribution is 2.27. The van der Waals surface area contributed by atoms with E-state index in [1.165, 1.54) is 6.20 Å². The first-order chi connectivity index (χ1) is 11.9. The lowest BCUT2D eigenvalue weighted by molar-refractivity contribution is 0.104. The molecule has 2 rings (SSSR count). The zero-order chi connectivity index (χ0) is 18.4. The predicted octanol–water partition coefficient (Wildman–Crippen LogP) is 3.22. The van der Waals surface area contributed by atoms with Gasteiger partial charge in [-0.1, -0.05) is 26.3 Å². The number of allylic oxidation sites excluding steroid dienone is 1. The number of hydrogen-bond donors (Lipinski definition) is 1. The summed E-state index contributed by atoms with van der Waals surface area (Å²) in [5.41, 5.74) is 0.382. The van der Waals surface area contributed by atoms with Crippen molar-refractivity contribution in [3.63, 3.8) is 0 Å². The minimum absolute atomic E-state index is 0.127. The molecule has 8 heteroatoms. The van der Waals surface area contributed by atoms with E-state index in [1.807, 2.05) is 0 Å². The SMILES string of the molecule is C=CCC(COC(=O)N1CNc2cccnc2S1(=O)=O)CC(C)CC. The summed E-state index contributed by atoms with van der Waals surface area (Å²) in [5.74, 6) is 0.627. The number of hydrogen-bond acceptors (Lipinski definition) is 6. The van der Waals surface area contributed by atoms with Crippen LogP contribution in [-0.2, 0) is 14.8 Å². The molecule has 1 N–H and O–H groups in total. The van der Waals surface area contributed by atoms with Gasteiger partial charge < -0.3 is 10.1 Å². The fourth-order valence-corrected chi connectivity index (χ4v) is 4.01. The number of carbonyl (C=O) groups excluding carboxylic acids is 1. The largest absolute Gasteiger partial charge is 0.448 e. The van der Waals surface area contributed by atoms with E-state index in [1.54, 1.807) is 18.2 Å². The third kappa shape index (κ3) is 4.50. The molecular weight excluding hydrogens is 342 g/mol. The average molecular weight is 367 g/mol. The molecule has 0 fully saturated rings. The van der Waals surface area contributed by atoms with E-state index in [4.69, 9.17) is 4.74 Å². The first kappa shape index (κ1) is 19.2. The third-order valence-corrected chi connectivity index (χ3v) is 5.97. The van der Waals surface area contributed by atoms with Gasteiger partial charge in [-0.3, -0.25) is 0 Å². The van der Waals surface area contributed by atoms with Crippen LogP contribution in [0, 0.1) is 11.8 Å². The number of ether oxygens (including phenoxy) is 1. The average Bonchev–Trinajstić information content (AvgIpc) is 2.59. The van der Waals surface area contributed by atoms with Gasteiger partial charge in [-0.25, -0.2) is 9.78 Å². The van der Waals surface area contributed by atoms with E-state index in [9.17, 15) is 13.2 Å². The predicted molar refractivity (Wildman–Crippen MR) is 95.5 cm³/mol. The summed E-state index contributed by atoms with van der Waals surface area (Å²) in [5, 5.41) is 2.70. The second-order valence-corrected chi connectivity index (χ2v) is 8.04. The minimum Gasteiger partial charge on any atom is -0.448 e. The van der Waals surface area contributed by atoms with Crippen molar-refractivity contribution in [1.29, 1.82) is 0 Å². The normalized spacial score (nSPS) is 17.8. The smallest absolute Gasteiger partial charge is 0.425 e. The molecule has 1 aromatic heterocycles.